The molecule has 4 nitrogen and oxygen atoms in total. The lowest BCUT2D eigenvalue weighted by Crippen LogP contribution is -2.21. The van der Waals surface area contributed by atoms with E-state index in [0.29, 0.717) is 13.2 Å². The van der Waals surface area contributed by atoms with Gasteiger partial charge in [-0.2, -0.15) is 0 Å². The van der Waals surface area contributed by atoms with Gasteiger partial charge in [0.25, 0.3) is 5.56 Å². The fourth-order valence-electron chi connectivity index (χ4n) is 2.05. The summed E-state index contributed by atoms with van der Waals surface area (Å²) in [5, 5.41) is 0. The molecule has 112 valence electrons. The minimum Gasteiger partial charge on any atom is -0.492 e. The average Bonchev–Trinajstić information content (AvgIpc) is 2.44. The van der Waals surface area contributed by atoms with E-state index in [4.69, 9.17) is 10.5 Å². The first kappa shape index (κ1) is 15.8. The summed E-state index contributed by atoms with van der Waals surface area (Å²) >= 11 is 3.52. The minimum atomic E-state index is -0.0189. The first-order valence-corrected chi connectivity index (χ1v) is 7.68. The van der Waals surface area contributed by atoms with Gasteiger partial charge in [-0.05, 0) is 43.2 Å². The predicted molar refractivity (Wildman–Crippen MR) is 87.7 cm³/mol. The van der Waals surface area contributed by atoms with Crippen molar-refractivity contribution in [2.45, 2.75) is 25.9 Å². The maximum absolute atomic E-state index is 11.6. The van der Waals surface area contributed by atoms with E-state index >= 15 is 0 Å². The van der Waals surface area contributed by atoms with Gasteiger partial charge in [-0.1, -0.05) is 22.0 Å². The number of benzene rings is 1. The molecule has 0 radical (unpaired) electrons. The van der Waals surface area contributed by atoms with Crippen LogP contribution in [0.25, 0.3) is 0 Å². The summed E-state index contributed by atoms with van der Waals surface area (Å²) in [6.45, 7) is 2.95. The molecule has 2 rings (SSSR count). The molecule has 1 heterocycles. The van der Waals surface area contributed by atoms with E-state index in [9.17, 15) is 4.79 Å². The van der Waals surface area contributed by atoms with Crippen LogP contribution < -0.4 is 16.0 Å². The number of hydrogen-bond donors (Lipinski definition) is 1. The highest BCUT2D eigenvalue weighted by Crippen LogP contribution is 2.23. The molecule has 21 heavy (non-hydrogen) atoms. The number of pyridine rings is 1. The van der Waals surface area contributed by atoms with Crippen molar-refractivity contribution in [1.29, 1.82) is 0 Å². The summed E-state index contributed by atoms with van der Waals surface area (Å²) < 4.78 is 8.38. The molecule has 0 saturated heterocycles. The van der Waals surface area contributed by atoms with Crippen molar-refractivity contribution in [3.05, 3.63) is 63.0 Å². The standard InChI is InChI=1S/C16H19BrN2O2/c1-12(18)10-13-11-14(5-6-15(13)17)21-9-8-19-7-3-2-4-16(19)20/h2-7,11-12H,8-10,18H2,1H3. The number of halogens is 1. The van der Waals surface area contributed by atoms with Crippen molar-refractivity contribution in [2.75, 3.05) is 6.61 Å². The summed E-state index contributed by atoms with van der Waals surface area (Å²) in [7, 11) is 0. The molecule has 0 fully saturated rings. The zero-order valence-corrected chi connectivity index (χ0v) is 13.5. The number of rotatable bonds is 6. The number of aromatic nitrogens is 1. The Bertz CT molecular complexity index is 653. The van der Waals surface area contributed by atoms with Crippen LogP contribution in [0, 0.1) is 0 Å². The van der Waals surface area contributed by atoms with E-state index in [-0.39, 0.29) is 11.6 Å². The van der Waals surface area contributed by atoms with Crippen molar-refractivity contribution in [3.63, 3.8) is 0 Å². The third-order valence-electron chi connectivity index (χ3n) is 3.06. The topological polar surface area (TPSA) is 57.2 Å². The molecule has 2 N–H and O–H groups in total. The van der Waals surface area contributed by atoms with Crippen LogP contribution in [0.1, 0.15) is 12.5 Å². The van der Waals surface area contributed by atoms with Crippen molar-refractivity contribution in [3.8, 4) is 5.75 Å². The van der Waals surface area contributed by atoms with Gasteiger partial charge < -0.3 is 15.0 Å². The van der Waals surface area contributed by atoms with Crippen LogP contribution in [0.5, 0.6) is 5.75 Å². The molecule has 2 aromatic rings. The van der Waals surface area contributed by atoms with Gasteiger partial charge >= 0.3 is 0 Å². The van der Waals surface area contributed by atoms with E-state index in [1.165, 1.54) is 0 Å². The Hall–Kier alpha value is -1.59. The highest BCUT2D eigenvalue weighted by atomic mass is 79.9. The van der Waals surface area contributed by atoms with Crippen LogP contribution in [0.3, 0.4) is 0 Å². The molecule has 1 aromatic carbocycles. The molecule has 0 amide bonds. The van der Waals surface area contributed by atoms with Gasteiger partial charge in [0.2, 0.25) is 0 Å². The van der Waals surface area contributed by atoms with E-state index in [1.807, 2.05) is 31.2 Å². The molecule has 0 spiro atoms. The Morgan fingerprint density at radius 2 is 2.14 bits per heavy atom. The summed E-state index contributed by atoms with van der Waals surface area (Å²) in [6, 6.07) is 11.1. The van der Waals surface area contributed by atoms with E-state index in [1.54, 1.807) is 22.9 Å². The van der Waals surface area contributed by atoms with Gasteiger partial charge in [0.05, 0.1) is 6.54 Å². The van der Waals surface area contributed by atoms with Gasteiger partial charge in [0, 0.05) is 22.8 Å². The summed E-state index contributed by atoms with van der Waals surface area (Å²) in [4.78, 5) is 11.6. The highest BCUT2D eigenvalue weighted by molar-refractivity contribution is 9.10. The molecule has 1 atom stereocenters. The Balaban J connectivity index is 1.97. The van der Waals surface area contributed by atoms with Crippen molar-refractivity contribution in [1.82, 2.24) is 4.57 Å². The normalized spacial score (nSPS) is 12.1. The minimum absolute atomic E-state index is 0.0189. The Labute approximate surface area is 132 Å². The molecular weight excluding hydrogens is 332 g/mol. The summed E-state index contributed by atoms with van der Waals surface area (Å²) in [5.74, 6) is 0.790. The number of nitrogens with two attached hydrogens (primary N) is 1. The third-order valence-corrected chi connectivity index (χ3v) is 3.83. The molecule has 0 bridgehead atoms. The van der Waals surface area contributed by atoms with E-state index < -0.39 is 0 Å². The average molecular weight is 351 g/mol. The van der Waals surface area contributed by atoms with Gasteiger partial charge in [0.15, 0.2) is 0 Å². The molecule has 1 aromatic heterocycles. The van der Waals surface area contributed by atoms with Gasteiger partial charge in [-0.25, -0.2) is 0 Å². The smallest absolute Gasteiger partial charge is 0.250 e. The monoisotopic (exact) mass is 350 g/mol. The second-order valence-electron chi connectivity index (χ2n) is 5.02. The quantitative estimate of drug-likeness (QED) is 0.870. The Kier molecular flexibility index (Phi) is 5.59. The van der Waals surface area contributed by atoms with E-state index in [2.05, 4.69) is 15.9 Å². The van der Waals surface area contributed by atoms with Crippen LogP contribution in [0.2, 0.25) is 0 Å². The number of hydrogen-bond acceptors (Lipinski definition) is 3. The predicted octanol–water partition coefficient (Wildman–Crippen LogP) is 2.58. The third kappa shape index (κ3) is 4.72. The zero-order chi connectivity index (χ0) is 15.2. The molecule has 1 unspecified atom stereocenters. The number of ether oxygens (including phenoxy) is 1. The van der Waals surface area contributed by atoms with Crippen molar-refractivity contribution in [2.24, 2.45) is 5.73 Å². The van der Waals surface area contributed by atoms with Crippen LogP contribution in [-0.4, -0.2) is 17.2 Å². The van der Waals surface area contributed by atoms with Gasteiger partial charge in [-0.15, -0.1) is 0 Å². The maximum Gasteiger partial charge on any atom is 0.250 e. The SMILES string of the molecule is CC(N)Cc1cc(OCCn2ccccc2=O)ccc1Br. The second-order valence-corrected chi connectivity index (χ2v) is 5.87. The summed E-state index contributed by atoms with van der Waals surface area (Å²) in [6.07, 6.45) is 2.55. The van der Waals surface area contributed by atoms with Crippen molar-refractivity contribution >= 4 is 15.9 Å². The Morgan fingerprint density at radius 1 is 1.33 bits per heavy atom. The van der Waals surface area contributed by atoms with Crippen molar-refractivity contribution < 1.29 is 4.74 Å². The van der Waals surface area contributed by atoms with Crippen LogP contribution in [0.15, 0.2) is 51.9 Å². The fourth-order valence-corrected chi connectivity index (χ4v) is 2.46. The highest BCUT2D eigenvalue weighted by Gasteiger charge is 2.05. The van der Waals surface area contributed by atoms with Gasteiger partial charge in [0.1, 0.15) is 12.4 Å². The van der Waals surface area contributed by atoms with Crippen LogP contribution in [-0.2, 0) is 13.0 Å². The molecule has 5 heteroatoms. The molecule has 0 aliphatic carbocycles. The lowest BCUT2D eigenvalue weighted by Gasteiger charge is -2.12. The summed E-state index contributed by atoms with van der Waals surface area (Å²) in [5.41, 5.74) is 6.94. The molecule has 0 aliphatic heterocycles. The Morgan fingerprint density at radius 3 is 2.86 bits per heavy atom. The lowest BCUT2D eigenvalue weighted by atomic mass is 10.1. The van der Waals surface area contributed by atoms with Gasteiger partial charge in [-0.3, -0.25) is 4.79 Å². The molecular formula is C16H19BrN2O2. The zero-order valence-electron chi connectivity index (χ0n) is 12.0. The van der Waals surface area contributed by atoms with E-state index in [0.717, 1.165) is 22.2 Å². The number of nitrogens with zero attached hydrogens (tertiary/aromatic N) is 1. The fraction of sp³-hybridized carbons (Fsp3) is 0.312. The maximum atomic E-state index is 11.6. The molecule has 0 aliphatic rings. The first-order chi connectivity index (χ1) is 10.1. The largest absolute Gasteiger partial charge is 0.492 e. The molecule has 0 saturated carbocycles. The van der Waals surface area contributed by atoms with Crippen LogP contribution in [0.4, 0.5) is 0 Å². The van der Waals surface area contributed by atoms with Crippen LogP contribution >= 0.6 is 15.9 Å². The lowest BCUT2D eigenvalue weighted by molar-refractivity contribution is 0.296. The first-order valence-electron chi connectivity index (χ1n) is 6.88. The second kappa shape index (κ2) is 7.43.